The van der Waals surface area contributed by atoms with Gasteiger partial charge in [0, 0.05) is 26.3 Å². The van der Waals surface area contributed by atoms with E-state index in [9.17, 15) is 0 Å². The monoisotopic (exact) mass is 262 g/mol. The average Bonchev–Trinajstić information content (AvgIpc) is 2.31. The summed E-state index contributed by atoms with van der Waals surface area (Å²) in [5, 5.41) is 3.50. The zero-order chi connectivity index (χ0) is 11.2. The minimum Gasteiger partial charge on any atom is -0.381 e. The van der Waals surface area contributed by atoms with Crippen LogP contribution in [0.2, 0.25) is 0 Å². The van der Waals surface area contributed by atoms with Crippen LogP contribution in [0, 0.1) is 11.8 Å². The van der Waals surface area contributed by atoms with Crippen molar-refractivity contribution in [2.75, 3.05) is 46.4 Å². The lowest BCUT2D eigenvalue weighted by atomic mass is 9.97. The van der Waals surface area contributed by atoms with Crippen molar-refractivity contribution in [2.24, 2.45) is 11.8 Å². The average molecular weight is 263 g/mol. The quantitative estimate of drug-likeness (QED) is 0.836. The first-order valence-electron chi connectivity index (χ1n) is 6.81. The van der Waals surface area contributed by atoms with Crippen LogP contribution in [-0.4, -0.2) is 51.3 Å². The number of piperidine rings is 1. The molecule has 2 aliphatic rings. The third-order valence-electron chi connectivity index (χ3n) is 3.88. The Labute approximate surface area is 112 Å². The molecule has 0 saturated carbocycles. The van der Waals surface area contributed by atoms with Crippen LogP contribution < -0.4 is 5.32 Å². The van der Waals surface area contributed by atoms with Gasteiger partial charge in [0.05, 0.1) is 0 Å². The number of hydrogen-bond acceptors (Lipinski definition) is 3. The predicted molar refractivity (Wildman–Crippen MR) is 73.9 cm³/mol. The van der Waals surface area contributed by atoms with Gasteiger partial charge in [0.1, 0.15) is 0 Å². The lowest BCUT2D eigenvalue weighted by Crippen LogP contribution is -2.39. The molecule has 1 unspecified atom stereocenters. The molecule has 2 saturated heterocycles. The van der Waals surface area contributed by atoms with Crippen LogP contribution in [0.5, 0.6) is 0 Å². The highest BCUT2D eigenvalue weighted by Gasteiger charge is 2.19. The second-order valence-electron chi connectivity index (χ2n) is 5.49. The van der Waals surface area contributed by atoms with Gasteiger partial charge in [0.15, 0.2) is 0 Å². The van der Waals surface area contributed by atoms with Crippen molar-refractivity contribution in [1.29, 1.82) is 0 Å². The molecule has 0 bridgehead atoms. The first kappa shape index (κ1) is 15.2. The molecule has 0 radical (unpaired) electrons. The van der Waals surface area contributed by atoms with Crippen LogP contribution >= 0.6 is 12.4 Å². The third kappa shape index (κ3) is 5.56. The summed E-state index contributed by atoms with van der Waals surface area (Å²) in [5.74, 6) is 1.74. The van der Waals surface area contributed by atoms with Gasteiger partial charge < -0.3 is 15.0 Å². The zero-order valence-electron chi connectivity index (χ0n) is 11.0. The number of halogens is 1. The summed E-state index contributed by atoms with van der Waals surface area (Å²) in [6.07, 6.45) is 5.28. The van der Waals surface area contributed by atoms with E-state index in [1.54, 1.807) is 0 Å². The summed E-state index contributed by atoms with van der Waals surface area (Å²) in [4.78, 5) is 2.54. The summed E-state index contributed by atoms with van der Waals surface area (Å²) in [6, 6.07) is 0. The number of rotatable bonds is 4. The Bertz CT molecular complexity index is 172. The highest BCUT2D eigenvalue weighted by molar-refractivity contribution is 5.85. The standard InChI is InChI=1S/C13H26N2O.ClH/c1-15(10-12-4-7-16-8-5-12)11-13-3-2-6-14-9-13;/h12-14H,2-11H2,1H3;1H. The molecule has 0 amide bonds. The molecule has 0 aromatic carbocycles. The number of hydrogen-bond donors (Lipinski definition) is 1. The van der Waals surface area contributed by atoms with Crippen LogP contribution in [0.3, 0.4) is 0 Å². The van der Waals surface area contributed by atoms with Crippen molar-refractivity contribution >= 4 is 12.4 Å². The van der Waals surface area contributed by atoms with E-state index in [1.165, 1.54) is 51.9 Å². The molecule has 1 N–H and O–H groups in total. The Kier molecular flexibility index (Phi) is 7.44. The first-order valence-corrected chi connectivity index (χ1v) is 6.81. The molecule has 17 heavy (non-hydrogen) atoms. The van der Waals surface area contributed by atoms with Crippen molar-refractivity contribution in [3.05, 3.63) is 0 Å². The Balaban J connectivity index is 0.00000144. The van der Waals surface area contributed by atoms with Crippen molar-refractivity contribution in [3.8, 4) is 0 Å². The minimum atomic E-state index is 0. The van der Waals surface area contributed by atoms with Gasteiger partial charge in [-0.25, -0.2) is 0 Å². The highest BCUT2D eigenvalue weighted by Crippen LogP contribution is 2.17. The Hall–Kier alpha value is 0.170. The van der Waals surface area contributed by atoms with E-state index in [0.29, 0.717) is 0 Å². The van der Waals surface area contributed by atoms with Crippen LogP contribution in [-0.2, 0) is 4.74 Å². The summed E-state index contributed by atoms with van der Waals surface area (Å²) in [7, 11) is 2.28. The molecule has 0 aliphatic carbocycles. The third-order valence-corrected chi connectivity index (χ3v) is 3.88. The van der Waals surface area contributed by atoms with Gasteiger partial charge in [-0.2, -0.15) is 0 Å². The maximum Gasteiger partial charge on any atom is 0.0469 e. The SMILES string of the molecule is CN(CC1CCOCC1)CC1CCCNC1.Cl. The van der Waals surface area contributed by atoms with Crippen molar-refractivity contribution in [1.82, 2.24) is 10.2 Å². The second-order valence-corrected chi connectivity index (χ2v) is 5.49. The van der Waals surface area contributed by atoms with E-state index >= 15 is 0 Å². The first-order chi connectivity index (χ1) is 7.84. The van der Waals surface area contributed by atoms with Gasteiger partial charge in [-0.3, -0.25) is 0 Å². The van der Waals surface area contributed by atoms with Crippen molar-refractivity contribution in [2.45, 2.75) is 25.7 Å². The molecule has 2 aliphatic heterocycles. The summed E-state index contributed by atoms with van der Waals surface area (Å²) < 4.78 is 5.40. The zero-order valence-corrected chi connectivity index (χ0v) is 11.8. The molecule has 102 valence electrons. The van der Waals surface area contributed by atoms with Crippen molar-refractivity contribution in [3.63, 3.8) is 0 Å². The van der Waals surface area contributed by atoms with Gasteiger partial charge in [0.25, 0.3) is 0 Å². The fraction of sp³-hybridized carbons (Fsp3) is 1.00. The molecule has 1 atom stereocenters. The summed E-state index contributed by atoms with van der Waals surface area (Å²) >= 11 is 0. The second kappa shape index (κ2) is 8.30. The van der Waals surface area contributed by atoms with E-state index in [-0.39, 0.29) is 12.4 Å². The molecule has 0 spiro atoms. The Morgan fingerprint density at radius 2 is 1.82 bits per heavy atom. The minimum absolute atomic E-state index is 0. The largest absolute Gasteiger partial charge is 0.381 e. The topological polar surface area (TPSA) is 24.5 Å². The van der Waals surface area contributed by atoms with Crippen LogP contribution in [0.25, 0.3) is 0 Å². The normalized spacial score (nSPS) is 26.8. The van der Waals surface area contributed by atoms with E-state index in [2.05, 4.69) is 17.3 Å². The fourth-order valence-corrected chi connectivity index (χ4v) is 2.96. The fourth-order valence-electron chi connectivity index (χ4n) is 2.96. The summed E-state index contributed by atoms with van der Waals surface area (Å²) in [5.41, 5.74) is 0. The lowest BCUT2D eigenvalue weighted by molar-refractivity contribution is 0.0535. The van der Waals surface area contributed by atoms with Crippen LogP contribution in [0.1, 0.15) is 25.7 Å². The number of nitrogens with one attached hydrogen (secondary N) is 1. The Morgan fingerprint density at radius 3 is 2.47 bits per heavy atom. The van der Waals surface area contributed by atoms with E-state index in [1.807, 2.05) is 0 Å². The molecule has 2 heterocycles. The lowest BCUT2D eigenvalue weighted by Gasteiger charge is -2.31. The van der Waals surface area contributed by atoms with Gasteiger partial charge in [-0.05, 0) is 57.7 Å². The van der Waals surface area contributed by atoms with Crippen molar-refractivity contribution < 1.29 is 4.74 Å². The molecule has 2 fully saturated rings. The molecule has 0 aromatic rings. The molecule has 0 aromatic heterocycles. The summed E-state index contributed by atoms with van der Waals surface area (Å²) in [6.45, 7) is 6.93. The maximum absolute atomic E-state index is 5.40. The molecule has 3 nitrogen and oxygen atoms in total. The molecule has 4 heteroatoms. The predicted octanol–water partition coefficient (Wildman–Crippen LogP) is 1.77. The van der Waals surface area contributed by atoms with E-state index in [4.69, 9.17) is 4.74 Å². The highest BCUT2D eigenvalue weighted by atomic mass is 35.5. The van der Waals surface area contributed by atoms with E-state index < -0.39 is 0 Å². The van der Waals surface area contributed by atoms with E-state index in [0.717, 1.165) is 25.0 Å². The van der Waals surface area contributed by atoms with Gasteiger partial charge in [-0.1, -0.05) is 0 Å². The van der Waals surface area contributed by atoms with Crippen LogP contribution in [0.4, 0.5) is 0 Å². The van der Waals surface area contributed by atoms with Gasteiger partial charge in [-0.15, -0.1) is 12.4 Å². The maximum atomic E-state index is 5.40. The van der Waals surface area contributed by atoms with Gasteiger partial charge >= 0.3 is 0 Å². The van der Waals surface area contributed by atoms with Gasteiger partial charge in [0.2, 0.25) is 0 Å². The number of ether oxygens (including phenoxy) is 1. The van der Waals surface area contributed by atoms with Crippen LogP contribution in [0.15, 0.2) is 0 Å². The Morgan fingerprint density at radius 1 is 1.12 bits per heavy atom. The number of nitrogens with zero attached hydrogens (tertiary/aromatic N) is 1. The molecular formula is C13H27ClN2O. The molecule has 2 rings (SSSR count). The molecular weight excluding hydrogens is 236 g/mol. The smallest absolute Gasteiger partial charge is 0.0469 e.